The van der Waals surface area contributed by atoms with E-state index in [1.54, 1.807) is 0 Å². The highest BCUT2D eigenvalue weighted by molar-refractivity contribution is 7.85. The first-order valence-electron chi connectivity index (χ1n) is 7.88. The fourth-order valence-electron chi connectivity index (χ4n) is 2.04. The number of unbranched alkanes of at least 4 members (excludes halogenated alkanes) is 1. The highest BCUT2D eigenvalue weighted by Gasteiger charge is 2.08. The first kappa shape index (κ1) is 20.5. The van der Waals surface area contributed by atoms with Crippen molar-refractivity contribution in [2.24, 2.45) is 0 Å². The van der Waals surface area contributed by atoms with Gasteiger partial charge in [0.15, 0.2) is 5.11 Å². The smallest absolute Gasteiger partial charge is 0.294 e. The molecule has 0 heterocycles. The minimum Gasteiger partial charge on any atom is -0.494 e. The molecule has 2 rings (SSSR count). The zero-order valence-corrected chi connectivity index (χ0v) is 16.4. The van der Waals surface area contributed by atoms with Gasteiger partial charge in [0.1, 0.15) is 5.75 Å². The lowest BCUT2D eigenvalue weighted by atomic mass is 10.3. The number of hydrogen-bond acceptors (Lipinski definition) is 5. The molecule has 0 aliphatic carbocycles. The number of thiol groups is 1. The maximum atomic E-state index is 11.0. The Kier molecular flexibility index (Phi) is 7.70. The van der Waals surface area contributed by atoms with Crippen molar-refractivity contribution in [1.29, 1.82) is 0 Å². The molecule has 0 radical (unpaired) electrons. The minimum atomic E-state index is -4.20. The molecule has 0 amide bonds. The Balaban J connectivity index is 1.85. The van der Waals surface area contributed by atoms with Gasteiger partial charge in [0.25, 0.3) is 10.1 Å². The van der Waals surface area contributed by atoms with Crippen molar-refractivity contribution in [2.45, 2.75) is 17.7 Å². The molecule has 2 aromatic carbocycles. The normalized spacial score (nSPS) is 11.0. The van der Waals surface area contributed by atoms with E-state index in [0.717, 1.165) is 30.0 Å². The van der Waals surface area contributed by atoms with E-state index in [4.69, 9.17) is 21.5 Å². The Bertz CT molecular complexity index is 822. The molecule has 0 bridgehead atoms. The predicted molar refractivity (Wildman–Crippen MR) is 111 cm³/mol. The number of anilines is 2. The van der Waals surface area contributed by atoms with Crippen LogP contribution in [0.15, 0.2) is 53.4 Å². The van der Waals surface area contributed by atoms with Crippen molar-refractivity contribution in [3.05, 3.63) is 48.5 Å². The fourth-order valence-corrected chi connectivity index (χ4v) is 2.98. The first-order chi connectivity index (χ1) is 12.4. The monoisotopic (exact) mass is 412 g/mol. The summed E-state index contributed by atoms with van der Waals surface area (Å²) in [6.07, 6.45) is 1.99. The van der Waals surface area contributed by atoms with Crippen molar-refractivity contribution in [3.8, 4) is 5.75 Å². The van der Waals surface area contributed by atoms with Crippen LogP contribution in [-0.2, 0) is 10.1 Å². The molecule has 2 aromatic rings. The lowest BCUT2D eigenvalue weighted by Gasteiger charge is -2.12. The van der Waals surface area contributed by atoms with Crippen LogP contribution < -0.4 is 15.4 Å². The van der Waals surface area contributed by atoms with Crippen molar-refractivity contribution < 1.29 is 17.7 Å². The molecule has 0 atom stereocenters. The molecular weight excluding hydrogens is 392 g/mol. The van der Waals surface area contributed by atoms with Gasteiger partial charge in [0, 0.05) is 11.4 Å². The van der Waals surface area contributed by atoms with Crippen molar-refractivity contribution in [2.75, 3.05) is 23.0 Å². The molecule has 0 saturated heterocycles. The molecule has 6 nitrogen and oxygen atoms in total. The SMILES string of the molecule is O=S(=O)(O)c1ccc(NC(=S)Nc2ccc(OCCCCS)cc2)cc1. The molecule has 0 fully saturated rings. The van der Waals surface area contributed by atoms with Gasteiger partial charge in [-0.1, -0.05) is 0 Å². The van der Waals surface area contributed by atoms with Crippen LogP contribution in [0.5, 0.6) is 5.75 Å². The molecule has 0 saturated carbocycles. The molecule has 3 N–H and O–H groups in total. The zero-order chi connectivity index (χ0) is 19.0. The Hall–Kier alpha value is -1.81. The highest BCUT2D eigenvalue weighted by atomic mass is 32.2. The largest absolute Gasteiger partial charge is 0.494 e. The van der Waals surface area contributed by atoms with Gasteiger partial charge in [0.05, 0.1) is 11.5 Å². The number of benzene rings is 2. The quantitative estimate of drug-likeness (QED) is 0.227. The Morgan fingerprint density at radius 1 is 1.00 bits per heavy atom. The van der Waals surface area contributed by atoms with E-state index in [9.17, 15) is 8.42 Å². The van der Waals surface area contributed by atoms with E-state index in [1.165, 1.54) is 24.3 Å². The third-order valence-electron chi connectivity index (χ3n) is 3.34. The number of hydrogen-bond donors (Lipinski definition) is 4. The Labute approximate surface area is 164 Å². The van der Waals surface area contributed by atoms with Crippen LogP contribution >= 0.6 is 24.8 Å². The van der Waals surface area contributed by atoms with Crippen molar-refractivity contribution >= 4 is 51.5 Å². The maximum absolute atomic E-state index is 11.0. The van der Waals surface area contributed by atoms with Gasteiger partial charge in [-0.2, -0.15) is 21.0 Å². The number of ether oxygens (including phenoxy) is 1. The van der Waals surface area contributed by atoms with E-state index in [-0.39, 0.29) is 4.90 Å². The lowest BCUT2D eigenvalue weighted by molar-refractivity contribution is 0.310. The number of rotatable bonds is 8. The average Bonchev–Trinajstić information content (AvgIpc) is 2.60. The van der Waals surface area contributed by atoms with Gasteiger partial charge in [-0.05, 0) is 79.3 Å². The highest BCUT2D eigenvalue weighted by Crippen LogP contribution is 2.17. The summed E-state index contributed by atoms with van der Waals surface area (Å²) < 4.78 is 36.6. The fraction of sp³-hybridized carbons (Fsp3) is 0.235. The number of thiocarbonyl (C=S) groups is 1. The standard InChI is InChI=1S/C17H20N2O4S3/c20-26(21,22)16-9-5-14(6-10-16)19-17(25)18-13-3-7-15(8-4-13)23-11-1-2-12-24/h3-10,24H,1-2,11-12H2,(H2,18,19,25)(H,20,21,22). The second kappa shape index (κ2) is 9.77. The van der Waals surface area contributed by atoms with E-state index in [1.807, 2.05) is 24.3 Å². The Morgan fingerprint density at radius 3 is 2.04 bits per heavy atom. The summed E-state index contributed by atoms with van der Waals surface area (Å²) in [5, 5.41) is 6.32. The van der Waals surface area contributed by atoms with Gasteiger partial charge in [-0.15, -0.1) is 0 Å². The van der Waals surface area contributed by atoms with E-state index in [2.05, 4.69) is 23.3 Å². The van der Waals surface area contributed by atoms with Gasteiger partial charge < -0.3 is 15.4 Å². The third-order valence-corrected chi connectivity index (χ3v) is 4.73. The lowest BCUT2D eigenvalue weighted by Crippen LogP contribution is -2.19. The maximum Gasteiger partial charge on any atom is 0.294 e. The summed E-state index contributed by atoms with van der Waals surface area (Å²) in [5.41, 5.74) is 1.39. The Morgan fingerprint density at radius 2 is 1.54 bits per heavy atom. The molecule has 0 aliphatic heterocycles. The van der Waals surface area contributed by atoms with Crippen LogP contribution in [0.4, 0.5) is 11.4 Å². The zero-order valence-electron chi connectivity index (χ0n) is 13.9. The van der Waals surface area contributed by atoms with E-state index < -0.39 is 10.1 Å². The van der Waals surface area contributed by atoms with Gasteiger partial charge in [-0.3, -0.25) is 4.55 Å². The van der Waals surface area contributed by atoms with E-state index >= 15 is 0 Å². The third kappa shape index (κ3) is 6.83. The molecule has 0 spiro atoms. The summed E-state index contributed by atoms with van der Waals surface area (Å²) >= 11 is 9.39. The number of nitrogens with one attached hydrogen (secondary N) is 2. The van der Waals surface area contributed by atoms with Crippen LogP contribution in [0, 0.1) is 0 Å². The average molecular weight is 413 g/mol. The molecule has 0 aliphatic rings. The van der Waals surface area contributed by atoms with Crippen LogP contribution in [-0.4, -0.2) is 30.4 Å². The van der Waals surface area contributed by atoms with Gasteiger partial charge in [0.2, 0.25) is 0 Å². The van der Waals surface area contributed by atoms with Crippen LogP contribution in [0.1, 0.15) is 12.8 Å². The van der Waals surface area contributed by atoms with Crippen molar-refractivity contribution in [1.82, 2.24) is 0 Å². The molecular formula is C17H20N2O4S3. The minimum absolute atomic E-state index is 0.174. The summed E-state index contributed by atoms with van der Waals surface area (Å²) in [6, 6.07) is 13.0. The van der Waals surface area contributed by atoms with Crippen LogP contribution in [0.2, 0.25) is 0 Å². The van der Waals surface area contributed by atoms with Crippen molar-refractivity contribution in [3.63, 3.8) is 0 Å². The van der Waals surface area contributed by atoms with Crippen LogP contribution in [0.25, 0.3) is 0 Å². The summed E-state index contributed by atoms with van der Waals surface area (Å²) in [6.45, 7) is 0.660. The summed E-state index contributed by atoms with van der Waals surface area (Å²) in [7, 11) is -4.20. The molecule has 140 valence electrons. The summed E-state index contributed by atoms with van der Waals surface area (Å²) in [5.74, 6) is 1.64. The molecule has 0 aromatic heterocycles. The molecule has 26 heavy (non-hydrogen) atoms. The predicted octanol–water partition coefficient (Wildman–Crippen LogP) is 3.83. The second-order valence-electron chi connectivity index (χ2n) is 5.38. The first-order valence-corrected chi connectivity index (χ1v) is 10.4. The summed E-state index contributed by atoms with van der Waals surface area (Å²) in [4.78, 5) is -0.174. The van der Waals surface area contributed by atoms with E-state index in [0.29, 0.717) is 17.4 Å². The molecule has 0 unspecified atom stereocenters. The van der Waals surface area contributed by atoms with Crippen LogP contribution in [0.3, 0.4) is 0 Å². The van der Waals surface area contributed by atoms with Gasteiger partial charge >= 0.3 is 0 Å². The van der Waals surface area contributed by atoms with Gasteiger partial charge in [-0.25, -0.2) is 0 Å². The topological polar surface area (TPSA) is 87.7 Å². The second-order valence-corrected chi connectivity index (χ2v) is 7.66. The molecule has 9 heteroatoms.